The maximum Gasteiger partial charge on any atom is 0.408 e. The Kier molecular flexibility index (Phi) is 6.35. The lowest BCUT2D eigenvalue weighted by molar-refractivity contribution is -0.143. The van der Waals surface area contributed by atoms with Crippen LogP contribution < -0.4 is 5.32 Å². The number of nitriles is 1. The molecule has 1 aromatic rings. The lowest BCUT2D eigenvalue weighted by atomic mass is 9.94. The zero-order chi connectivity index (χ0) is 18.5. The average Bonchev–Trinajstić information content (AvgIpc) is 2.46. The zero-order valence-electron chi connectivity index (χ0n) is 15.0. The fraction of sp³-hybridized carbons (Fsp3) is 0.500. The van der Waals surface area contributed by atoms with Crippen LogP contribution in [0.15, 0.2) is 12.1 Å². The SMILES string of the molecule is COC(=O)[C@H](Cc1c(C)cc(C#N)cc1C)NC(=O)OC(C)(C)C. The summed E-state index contributed by atoms with van der Waals surface area (Å²) in [5.41, 5.74) is 2.55. The molecule has 1 N–H and O–H groups in total. The van der Waals surface area contributed by atoms with Gasteiger partial charge in [0.25, 0.3) is 0 Å². The van der Waals surface area contributed by atoms with Crippen LogP contribution in [0.5, 0.6) is 0 Å². The first-order chi connectivity index (χ1) is 11.1. The first-order valence-electron chi connectivity index (χ1n) is 7.65. The summed E-state index contributed by atoms with van der Waals surface area (Å²) in [6.07, 6.45) is -0.420. The van der Waals surface area contributed by atoms with Crippen molar-refractivity contribution in [2.24, 2.45) is 0 Å². The van der Waals surface area contributed by atoms with Crippen molar-refractivity contribution in [3.63, 3.8) is 0 Å². The van der Waals surface area contributed by atoms with Gasteiger partial charge in [-0.25, -0.2) is 9.59 Å². The number of carbonyl (C=O) groups is 2. The summed E-state index contributed by atoms with van der Waals surface area (Å²) in [5.74, 6) is -0.552. The number of amides is 1. The Morgan fingerprint density at radius 2 is 1.79 bits per heavy atom. The monoisotopic (exact) mass is 332 g/mol. The minimum atomic E-state index is -0.866. The Bertz CT molecular complexity index is 646. The molecule has 0 heterocycles. The molecule has 0 unspecified atom stereocenters. The molecule has 6 heteroatoms. The lowest BCUT2D eigenvalue weighted by Crippen LogP contribution is -2.45. The van der Waals surface area contributed by atoms with Gasteiger partial charge in [-0.3, -0.25) is 0 Å². The van der Waals surface area contributed by atoms with E-state index in [1.54, 1.807) is 32.9 Å². The Morgan fingerprint density at radius 1 is 1.25 bits per heavy atom. The number of esters is 1. The zero-order valence-corrected chi connectivity index (χ0v) is 15.0. The molecule has 0 aromatic heterocycles. The highest BCUT2D eigenvalue weighted by molar-refractivity contribution is 5.81. The number of hydrogen-bond acceptors (Lipinski definition) is 5. The summed E-state index contributed by atoms with van der Waals surface area (Å²) < 4.78 is 9.98. The minimum Gasteiger partial charge on any atom is -0.467 e. The van der Waals surface area contributed by atoms with E-state index in [0.29, 0.717) is 5.56 Å². The molecular formula is C18H24N2O4. The van der Waals surface area contributed by atoms with Crippen LogP contribution in [0.3, 0.4) is 0 Å². The van der Waals surface area contributed by atoms with E-state index in [1.165, 1.54) is 7.11 Å². The van der Waals surface area contributed by atoms with Crippen LogP contribution in [-0.2, 0) is 20.7 Å². The van der Waals surface area contributed by atoms with Gasteiger partial charge in [0.15, 0.2) is 0 Å². The van der Waals surface area contributed by atoms with E-state index in [4.69, 9.17) is 14.7 Å². The van der Waals surface area contributed by atoms with Crippen molar-refractivity contribution in [3.8, 4) is 6.07 Å². The van der Waals surface area contributed by atoms with Gasteiger partial charge in [0, 0.05) is 6.42 Å². The van der Waals surface area contributed by atoms with E-state index < -0.39 is 23.7 Å². The summed E-state index contributed by atoms with van der Waals surface area (Å²) >= 11 is 0. The molecule has 0 spiro atoms. The Balaban J connectivity index is 3.02. The van der Waals surface area contributed by atoms with Gasteiger partial charge in [0.1, 0.15) is 11.6 Å². The molecule has 1 atom stereocenters. The van der Waals surface area contributed by atoms with Gasteiger partial charge >= 0.3 is 12.1 Å². The number of rotatable bonds is 4. The number of nitrogens with zero attached hydrogens (tertiary/aromatic N) is 1. The highest BCUT2D eigenvalue weighted by Gasteiger charge is 2.26. The van der Waals surface area contributed by atoms with E-state index >= 15 is 0 Å². The predicted octanol–water partition coefficient (Wildman–Crippen LogP) is 2.78. The van der Waals surface area contributed by atoms with Crippen molar-refractivity contribution in [1.29, 1.82) is 5.26 Å². The summed E-state index contributed by atoms with van der Waals surface area (Å²) in [6, 6.07) is 4.74. The second-order valence-electron chi connectivity index (χ2n) is 6.63. The van der Waals surface area contributed by atoms with Crippen molar-refractivity contribution in [2.75, 3.05) is 7.11 Å². The van der Waals surface area contributed by atoms with Crippen LogP contribution >= 0.6 is 0 Å². The number of nitrogens with one attached hydrogen (secondary N) is 1. The summed E-state index contributed by atoms with van der Waals surface area (Å²) in [4.78, 5) is 24.0. The molecule has 24 heavy (non-hydrogen) atoms. The van der Waals surface area contributed by atoms with Gasteiger partial charge in [0.05, 0.1) is 18.7 Å². The molecule has 1 rings (SSSR count). The van der Waals surface area contributed by atoms with Crippen molar-refractivity contribution >= 4 is 12.1 Å². The molecule has 0 aliphatic heterocycles. The maximum absolute atomic E-state index is 12.0. The van der Waals surface area contributed by atoms with Crippen molar-refractivity contribution in [2.45, 2.75) is 52.7 Å². The van der Waals surface area contributed by atoms with E-state index in [9.17, 15) is 9.59 Å². The summed E-state index contributed by atoms with van der Waals surface area (Å²) in [7, 11) is 1.27. The molecule has 130 valence electrons. The molecule has 0 aliphatic carbocycles. The van der Waals surface area contributed by atoms with E-state index in [0.717, 1.165) is 16.7 Å². The predicted molar refractivity (Wildman–Crippen MR) is 89.5 cm³/mol. The molecule has 0 saturated carbocycles. The minimum absolute atomic E-state index is 0.259. The Hall–Kier alpha value is -2.55. The van der Waals surface area contributed by atoms with E-state index in [-0.39, 0.29) is 6.42 Å². The first kappa shape index (κ1) is 19.5. The smallest absolute Gasteiger partial charge is 0.408 e. The molecule has 6 nitrogen and oxygen atoms in total. The number of hydrogen-bond donors (Lipinski definition) is 1. The van der Waals surface area contributed by atoms with Gasteiger partial charge in [-0.05, 0) is 63.4 Å². The number of ether oxygens (including phenoxy) is 2. The van der Waals surface area contributed by atoms with Crippen molar-refractivity contribution in [1.82, 2.24) is 5.32 Å². The molecule has 0 fully saturated rings. The average molecular weight is 332 g/mol. The molecule has 0 radical (unpaired) electrons. The fourth-order valence-electron chi connectivity index (χ4n) is 2.37. The van der Waals surface area contributed by atoms with Gasteiger partial charge < -0.3 is 14.8 Å². The van der Waals surface area contributed by atoms with Gasteiger partial charge in [-0.1, -0.05) is 0 Å². The van der Waals surface area contributed by atoms with Crippen LogP contribution in [-0.4, -0.2) is 30.8 Å². The molecule has 0 bridgehead atoms. The quantitative estimate of drug-likeness (QED) is 0.857. The molecule has 0 aliphatic rings. The largest absolute Gasteiger partial charge is 0.467 e. The van der Waals surface area contributed by atoms with Crippen LogP contribution in [0.25, 0.3) is 0 Å². The maximum atomic E-state index is 12.0. The van der Waals surface area contributed by atoms with Crippen LogP contribution in [0.2, 0.25) is 0 Å². The highest BCUT2D eigenvalue weighted by Crippen LogP contribution is 2.19. The topological polar surface area (TPSA) is 88.4 Å². The second-order valence-corrected chi connectivity index (χ2v) is 6.63. The molecule has 1 amide bonds. The fourth-order valence-corrected chi connectivity index (χ4v) is 2.37. The van der Waals surface area contributed by atoms with E-state index in [2.05, 4.69) is 11.4 Å². The third-order valence-corrected chi connectivity index (χ3v) is 3.41. The van der Waals surface area contributed by atoms with Crippen LogP contribution in [0.1, 0.15) is 43.0 Å². The number of carbonyl (C=O) groups excluding carboxylic acids is 2. The van der Waals surface area contributed by atoms with Gasteiger partial charge in [-0.2, -0.15) is 5.26 Å². The normalized spacial score (nSPS) is 12.0. The highest BCUT2D eigenvalue weighted by atomic mass is 16.6. The number of aryl methyl sites for hydroxylation is 2. The molecular weight excluding hydrogens is 308 g/mol. The summed E-state index contributed by atoms with van der Waals surface area (Å²) in [5, 5.41) is 11.6. The third kappa shape index (κ3) is 5.58. The third-order valence-electron chi connectivity index (χ3n) is 3.41. The number of benzene rings is 1. The second kappa shape index (κ2) is 7.82. The lowest BCUT2D eigenvalue weighted by Gasteiger charge is -2.23. The Morgan fingerprint density at radius 3 is 2.21 bits per heavy atom. The molecule has 1 aromatic carbocycles. The first-order valence-corrected chi connectivity index (χ1v) is 7.65. The van der Waals surface area contributed by atoms with Crippen molar-refractivity contribution < 1.29 is 19.1 Å². The van der Waals surface area contributed by atoms with E-state index in [1.807, 2.05) is 13.8 Å². The Labute approximate surface area is 142 Å². The van der Waals surface area contributed by atoms with Crippen LogP contribution in [0.4, 0.5) is 4.79 Å². The van der Waals surface area contributed by atoms with Gasteiger partial charge in [-0.15, -0.1) is 0 Å². The van der Waals surface area contributed by atoms with Gasteiger partial charge in [0.2, 0.25) is 0 Å². The number of methoxy groups -OCH3 is 1. The molecule has 0 saturated heterocycles. The number of alkyl carbamates (subject to hydrolysis) is 1. The van der Waals surface area contributed by atoms with Crippen molar-refractivity contribution in [3.05, 3.63) is 34.4 Å². The van der Waals surface area contributed by atoms with Crippen LogP contribution in [0, 0.1) is 25.2 Å². The summed E-state index contributed by atoms with van der Waals surface area (Å²) in [6.45, 7) is 8.97. The standard InChI is InChI=1S/C18H24N2O4/c1-11-7-13(10-19)8-12(2)14(11)9-15(16(21)23-6)20-17(22)24-18(3,4)5/h7-8,15H,9H2,1-6H3,(H,20,22)/t15-/m0/s1.